The second-order valence-corrected chi connectivity index (χ2v) is 12.5. The maximum atomic E-state index is 12.4. The Kier molecular flexibility index (Phi) is 8.42. The molecule has 8 nitrogen and oxygen atoms in total. The van der Waals surface area contributed by atoms with Crippen LogP contribution >= 0.6 is 47.0 Å². The highest BCUT2D eigenvalue weighted by atomic mass is 32.2. The molecule has 2 aliphatic rings. The number of thioether (sulfide) groups is 4. The number of hydrogen-bond donors (Lipinski definition) is 2. The van der Waals surface area contributed by atoms with Crippen molar-refractivity contribution < 1.29 is 29.3 Å². The van der Waals surface area contributed by atoms with Gasteiger partial charge in [0.25, 0.3) is 5.70 Å². The van der Waals surface area contributed by atoms with Crippen LogP contribution in [0, 0.1) is 29.7 Å². The van der Waals surface area contributed by atoms with Gasteiger partial charge in [0.1, 0.15) is 17.6 Å². The monoisotopic (exact) mass is 536 g/mol. The topological polar surface area (TPSA) is 121 Å². The predicted octanol–water partition coefficient (Wildman–Crippen LogP) is 5.72. The lowest BCUT2D eigenvalue weighted by Gasteiger charge is -2.08. The number of phenols is 2. The largest absolute Gasteiger partial charge is 0.505 e. The van der Waals surface area contributed by atoms with Gasteiger partial charge in [-0.25, -0.2) is 9.64 Å². The molecule has 2 heterocycles. The van der Waals surface area contributed by atoms with Crippen LogP contribution in [0.3, 0.4) is 0 Å². The zero-order valence-electron chi connectivity index (χ0n) is 18.6. The van der Waals surface area contributed by atoms with E-state index in [0.717, 1.165) is 47.0 Å². The molecular weight excluding hydrogens is 517 g/mol. The van der Waals surface area contributed by atoms with Gasteiger partial charge in [-0.15, -0.1) is 0 Å². The zero-order valence-corrected chi connectivity index (χ0v) is 21.9. The van der Waals surface area contributed by atoms with Gasteiger partial charge in [-0.2, -0.15) is 5.26 Å². The number of esters is 2. The summed E-state index contributed by atoms with van der Waals surface area (Å²) in [5.41, 5.74) is -0.416. The average molecular weight is 537 g/mol. The number of ether oxygens (including phenoxy) is 2. The predicted molar refractivity (Wildman–Crippen MR) is 131 cm³/mol. The minimum absolute atomic E-state index is 0.102. The molecule has 0 aliphatic carbocycles. The van der Waals surface area contributed by atoms with Gasteiger partial charge in [0.15, 0.2) is 5.57 Å². The summed E-state index contributed by atoms with van der Waals surface area (Å²) in [6, 6.07) is 1.86. The first-order chi connectivity index (χ1) is 16.1. The summed E-state index contributed by atoms with van der Waals surface area (Å²) in [4.78, 5) is 29.2. The molecule has 1 aromatic rings. The van der Waals surface area contributed by atoms with Crippen molar-refractivity contribution in [1.29, 1.82) is 5.26 Å². The van der Waals surface area contributed by atoms with Crippen LogP contribution in [0.15, 0.2) is 39.3 Å². The molecule has 12 heteroatoms. The number of fused-ring (bicyclic) bond motifs is 2. The highest BCUT2D eigenvalue weighted by Gasteiger charge is 2.38. The third-order valence-electron chi connectivity index (χ3n) is 4.17. The lowest BCUT2D eigenvalue weighted by molar-refractivity contribution is -0.140. The molecule has 3 rings (SSSR count). The number of carbonyl (C=O) groups is 2. The molecule has 0 amide bonds. The molecule has 178 valence electrons. The summed E-state index contributed by atoms with van der Waals surface area (Å²) in [7, 11) is 0. The van der Waals surface area contributed by atoms with Crippen LogP contribution in [0.2, 0.25) is 0 Å². The van der Waals surface area contributed by atoms with Gasteiger partial charge in [0.05, 0.1) is 47.8 Å². The Morgan fingerprint density at radius 3 is 1.68 bits per heavy atom. The van der Waals surface area contributed by atoms with E-state index in [1.54, 1.807) is 0 Å². The number of carbonyl (C=O) groups excluding carboxylic acids is 2. The second-order valence-electron chi connectivity index (χ2n) is 7.93. The quantitative estimate of drug-likeness (QED) is 0.153. The molecule has 1 aromatic carbocycles. The van der Waals surface area contributed by atoms with Crippen LogP contribution in [0.4, 0.5) is 0 Å². The van der Waals surface area contributed by atoms with Crippen molar-refractivity contribution in [2.45, 2.75) is 47.3 Å². The first-order valence-corrected chi connectivity index (χ1v) is 13.3. The summed E-state index contributed by atoms with van der Waals surface area (Å²) in [6.07, 6.45) is 0. The Morgan fingerprint density at radius 1 is 0.882 bits per heavy atom. The number of phenolic OH excluding ortho intramolecular Hbond substituents is 2. The minimum atomic E-state index is -0.763. The van der Waals surface area contributed by atoms with Crippen molar-refractivity contribution in [2.75, 3.05) is 13.2 Å². The van der Waals surface area contributed by atoms with Gasteiger partial charge in [0.2, 0.25) is 0 Å². The Balaban J connectivity index is 1.93. The first kappa shape index (κ1) is 26.2. The van der Waals surface area contributed by atoms with E-state index in [0.29, 0.717) is 28.1 Å². The zero-order chi connectivity index (χ0) is 25.2. The summed E-state index contributed by atoms with van der Waals surface area (Å²) >= 11 is 3.97. The van der Waals surface area contributed by atoms with Gasteiger partial charge >= 0.3 is 11.9 Å². The molecule has 0 radical (unpaired) electrons. The summed E-state index contributed by atoms with van der Waals surface area (Å²) in [5, 5.41) is 31.3. The molecule has 0 saturated heterocycles. The molecule has 0 fully saturated rings. The Bertz CT molecular complexity index is 1070. The molecule has 0 aromatic heterocycles. The fraction of sp³-hybridized carbons (Fsp3) is 0.364. The third-order valence-corrected chi connectivity index (χ3v) is 9.37. The Hall–Kier alpha value is -2.38. The molecule has 0 saturated carbocycles. The van der Waals surface area contributed by atoms with Crippen molar-refractivity contribution in [3.63, 3.8) is 0 Å². The van der Waals surface area contributed by atoms with Crippen molar-refractivity contribution >= 4 is 59.0 Å². The van der Waals surface area contributed by atoms with Crippen molar-refractivity contribution in [3.8, 4) is 17.6 Å². The van der Waals surface area contributed by atoms with E-state index in [1.165, 1.54) is 0 Å². The summed E-state index contributed by atoms with van der Waals surface area (Å²) < 4.78 is 10.9. The Morgan fingerprint density at radius 2 is 1.29 bits per heavy atom. The van der Waals surface area contributed by atoms with Crippen LogP contribution in [0.25, 0.3) is 4.85 Å². The minimum Gasteiger partial charge on any atom is -0.505 e. The van der Waals surface area contributed by atoms with E-state index in [2.05, 4.69) is 4.85 Å². The second kappa shape index (κ2) is 10.9. The SMILES string of the molecule is [C-]#[N+]C(C(=O)OCC(C)C)=C1Sc2c(O)c3c(c(O)c2S1)SC(=C(C#N)C(=O)OCC(C)C)S3. The van der Waals surface area contributed by atoms with Crippen molar-refractivity contribution in [2.24, 2.45) is 11.8 Å². The van der Waals surface area contributed by atoms with E-state index in [9.17, 15) is 25.1 Å². The van der Waals surface area contributed by atoms with Gasteiger partial charge in [-0.05, 0) is 11.8 Å². The molecule has 0 bridgehead atoms. The number of nitrogens with zero attached hydrogens (tertiary/aromatic N) is 2. The van der Waals surface area contributed by atoms with Crippen LogP contribution in [0.1, 0.15) is 27.7 Å². The van der Waals surface area contributed by atoms with Gasteiger partial charge < -0.3 is 19.7 Å². The van der Waals surface area contributed by atoms with Crippen LogP contribution < -0.4 is 0 Å². The van der Waals surface area contributed by atoms with Gasteiger partial charge in [-0.3, -0.25) is 4.79 Å². The fourth-order valence-corrected chi connectivity index (χ4v) is 7.77. The van der Waals surface area contributed by atoms with Crippen LogP contribution in [-0.4, -0.2) is 35.4 Å². The normalized spacial score (nSPS) is 13.9. The maximum Gasteiger partial charge on any atom is 0.350 e. The highest BCUT2D eigenvalue weighted by Crippen LogP contribution is 2.67. The van der Waals surface area contributed by atoms with E-state index in [4.69, 9.17) is 16.0 Å². The molecule has 0 atom stereocenters. The summed E-state index contributed by atoms with van der Waals surface area (Å²) in [6.45, 7) is 15.2. The fourth-order valence-electron chi connectivity index (χ4n) is 2.60. The lowest BCUT2D eigenvalue weighted by Crippen LogP contribution is -2.12. The molecule has 0 spiro atoms. The van der Waals surface area contributed by atoms with Crippen molar-refractivity contribution in [1.82, 2.24) is 0 Å². The van der Waals surface area contributed by atoms with Crippen molar-refractivity contribution in [3.05, 3.63) is 31.2 Å². The van der Waals surface area contributed by atoms with E-state index in [1.807, 2.05) is 33.8 Å². The average Bonchev–Trinajstić information content (AvgIpc) is 3.42. The van der Waals surface area contributed by atoms with E-state index >= 15 is 0 Å². The smallest absolute Gasteiger partial charge is 0.350 e. The van der Waals surface area contributed by atoms with Crippen LogP contribution in [0.5, 0.6) is 11.5 Å². The number of rotatable bonds is 6. The summed E-state index contributed by atoms with van der Waals surface area (Å²) in [5.74, 6) is -1.63. The molecule has 2 aliphatic heterocycles. The number of nitriles is 1. The van der Waals surface area contributed by atoms with Gasteiger partial charge in [-0.1, -0.05) is 74.7 Å². The maximum absolute atomic E-state index is 12.4. The van der Waals surface area contributed by atoms with Gasteiger partial charge in [0, 0.05) is 0 Å². The highest BCUT2D eigenvalue weighted by molar-refractivity contribution is 8.26. The van der Waals surface area contributed by atoms with E-state index < -0.39 is 11.9 Å². The molecule has 2 N–H and O–H groups in total. The molecule has 34 heavy (non-hydrogen) atoms. The number of hydrogen-bond acceptors (Lipinski definition) is 11. The van der Waals surface area contributed by atoms with Crippen LogP contribution in [-0.2, 0) is 19.1 Å². The molecular formula is C22H20N2O6S4. The number of aromatic hydroxyl groups is 2. The molecule has 0 unspecified atom stereocenters. The first-order valence-electron chi connectivity index (χ1n) is 10.0. The Labute approximate surface area is 214 Å². The van der Waals surface area contributed by atoms with E-state index in [-0.39, 0.29) is 47.8 Å². The third kappa shape index (κ3) is 5.31. The number of benzene rings is 1. The lowest BCUT2D eigenvalue weighted by atomic mass is 10.2. The standard InChI is InChI=1S/C22H20N2O6S4/c1-9(2)7-29-19(27)11(6-23)21-31-15-13(25)17-18(14(26)16(15)32-21)34-22(33-17)12(24-5)20(28)30-8-10(3)4/h9-10,25-26H,7-8H2,1-4H3.